The van der Waals surface area contributed by atoms with Gasteiger partial charge in [0, 0.05) is 22.1 Å². The normalized spacial score (nSPS) is 12.7. The van der Waals surface area contributed by atoms with E-state index in [1.807, 2.05) is 18.2 Å². The van der Waals surface area contributed by atoms with Crippen molar-refractivity contribution in [2.45, 2.75) is 45.4 Å². The highest BCUT2D eigenvalue weighted by molar-refractivity contribution is 5.98. The zero-order valence-corrected chi connectivity index (χ0v) is 22.4. The minimum atomic E-state index is 0.671. The summed E-state index contributed by atoms with van der Waals surface area (Å²) in [5, 5.41) is 0. The Morgan fingerprint density at radius 1 is 0.615 bits per heavy atom. The summed E-state index contributed by atoms with van der Waals surface area (Å²) in [6.45, 7) is 2.92. The minimum Gasteiger partial charge on any atom is -0.491 e. The number of rotatable bonds is 9. The van der Waals surface area contributed by atoms with Crippen LogP contribution in [0.15, 0.2) is 78.9 Å². The van der Waals surface area contributed by atoms with Crippen LogP contribution in [-0.2, 0) is 4.74 Å². The first kappa shape index (κ1) is 24.9. The Morgan fingerprint density at radius 3 is 2.00 bits per heavy atom. The van der Waals surface area contributed by atoms with Gasteiger partial charge in [0.1, 0.15) is 5.69 Å². The topological polar surface area (TPSA) is 66.6 Å². The third kappa shape index (κ3) is 5.88. The van der Waals surface area contributed by atoms with E-state index in [0.29, 0.717) is 6.61 Å². The minimum absolute atomic E-state index is 0.671. The number of unbranched alkanes of at least 4 members (excludes halogenated alkanes) is 5. The second-order valence-corrected chi connectivity index (χ2v) is 10.2. The average Bonchev–Trinajstić information content (AvgIpc) is 3.74. The summed E-state index contributed by atoms with van der Waals surface area (Å²) in [4.78, 5) is 16.9. The van der Waals surface area contributed by atoms with E-state index in [4.69, 9.17) is 14.7 Å². The van der Waals surface area contributed by atoms with Gasteiger partial charge in [-0.05, 0) is 72.7 Å². The molecule has 0 unspecified atom stereocenters. The highest BCUT2D eigenvalue weighted by Gasteiger charge is 2.23. The molecule has 196 valence electrons. The molecule has 5 heteroatoms. The van der Waals surface area contributed by atoms with Crippen molar-refractivity contribution in [3.63, 3.8) is 0 Å². The molecule has 6 rings (SSSR count). The van der Waals surface area contributed by atoms with Crippen LogP contribution in [0.25, 0.3) is 45.6 Å². The van der Waals surface area contributed by atoms with Gasteiger partial charge in [-0.15, -0.1) is 0 Å². The number of hydrogen-bond donors (Lipinski definition) is 2. The molecule has 5 nitrogen and oxygen atoms in total. The Morgan fingerprint density at radius 2 is 1.26 bits per heavy atom. The van der Waals surface area contributed by atoms with Gasteiger partial charge in [0.15, 0.2) is 5.76 Å². The molecule has 2 N–H and O–H groups in total. The van der Waals surface area contributed by atoms with Crippen molar-refractivity contribution in [2.75, 3.05) is 6.61 Å². The lowest BCUT2D eigenvalue weighted by Gasteiger charge is -2.11. The Labute approximate surface area is 229 Å². The van der Waals surface area contributed by atoms with Crippen molar-refractivity contribution in [3.8, 4) is 0 Å². The summed E-state index contributed by atoms with van der Waals surface area (Å²) in [6.07, 6.45) is 11.4. The Balaban J connectivity index is 1.48. The van der Waals surface area contributed by atoms with Crippen LogP contribution >= 0.6 is 0 Å². The molecular formula is C34H34N4O. The van der Waals surface area contributed by atoms with Crippen LogP contribution < -0.4 is 0 Å². The molecule has 0 saturated carbocycles. The van der Waals surface area contributed by atoms with Crippen LogP contribution in [0.1, 0.15) is 73.8 Å². The fraction of sp³-hybridized carbons (Fsp3) is 0.235. The molecule has 0 spiro atoms. The van der Waals surface area contributed by atoms with Crippen molar-refractivity contribution in [1.29, 1.82) is 0 Å². The number of nitrogens with zero attached hydrogens (tertiary/aromatic N) is 2. The summed E-state index contributed by atoms with van der Waals surface area (Å²) in [5.74, 6) is 0.831. The maximum absolute atomic E-state index is 6.56. The molecule has 2 aliphatic heterocycles. The molecule has 2 aliphatic rings. The molecular weight excluding hydrogens is 480 g/mol. The first-order valence-electron chi connectivity index (χ1n) is 14.0. The highest BCUT2D eigenvalue weighted by Crippen LogP contribution is 2.36. The SMILES string of the molecule is CCCCCCCCOC1=C(c2ccccc2)c2cc3nc(cc4ccc(cc5ccc(cc1n2)[nH]5)[nH]4)C=C3. The number of aromatic nitrogens is 4. The number of nitrogens with one attached hydrogen (secondary N) is 2. The Bertz CT molecular complexity index is 1670. The van der Waals surface area contributed by atoms with Crippen molar-refractivity contribution >= 4 is 45.6 Å². The van der Waals surface area contributed by atoms with E-state index in [1.54, 1.807) is 0 Å². The van der Waals surface area contributed by atoms with Gasteiger partial charge >= 0.3 is 0 Å². The third-order valence-corrected chi connectivity index (χ3v) is 7.10. The van der Waals surface area contributed by atoms with Crippen LogP contribution in [0, 0.1) is 0 Å². The summed E-state index contributed by atoms with van der Waals surface area (Å²) in [7, 11) is 0. The van der Waals surface area contributed by atoms with Gasteiger partial charge < -0.3 is 14.7 Å². The lowest BCUT2D eigenvalue weighted by Crippen LogP contribution is -1.97. The van der Waals surface area contributed by atoms with E-state index < -0.39 is 0 Å². The zero-order valence-electron chi connectivity index (χ0n) is 22.4. The van der Waals surface area contributed by atoms with E-state index >= 15 is 0 Å². The number of hydrogen-bond acceptors (Lipinski definition) is 3. The lowest BCUT2D eigenvalue weighted by molar-refractivity contribution is 0.267. The monoisotopic (exact) mass is 514 g/mol. The van der Waals surface area contributed by atoms with Crippen LogP contribution in [0.2, 0.25) is 0 Å². The molecule has 0 aliphatic carbocycles. The van der Waals surface area contributed by atoms with Gasteiger partial charge in [0.25, 0.3) is 0 Å². The number of benzene rings is 1. The largest absolute Gasteiger partial charge is 0.491 e. The molecule has 0 saturated heterocycles. The molecule has 0 atom stereocenters. The second-order valence-electron chi connectivity index (χ2n) is 10.2. The van der Waals surface area contributed by atoms with Gasteiger partial charge in [-0.3, -0.25) is 0 Å². The standard InChI is InChI=1S/C34H34N4O/c1-2-3-4-5-6-10-19-39-34-32-23-30-18-16-28(37-30)21-26-14-13-25(35-26)20-27-15-17-29(36-27)22-31(38-32)33(34)24-11-8-7-9-12-24/h7-9,11-18,20-23,35,37H,2-6,10,19H2,1H3. The summed E-state index contributed by atoms with van der Waals surface area (Å²) >= 11 is 0. The van der Waals surface area contributed by atoms with E-state index in [1.165, 1.54) is 32.1 Å². The number of fused-ring (bicyclic) bond motifs is 8. The second kappa shape index (κ2) is 11.6. The quantitative estimate of drug-likeness (QED) is 0.193. The molecule has 5 heterocycles. The molecule has 0 radical (unpaired) electrons. The first-order chi connectivity index (χ1) is 19.2. The number of ether oxygens (including phenoxy) is 1. The molecule has 0 amide bonds. The fourth-order valence-electron chi connectivity index (χ4n) is 5.13. The zero-order chi connectivity index (χ0) is 26.4. The molecule has 4 aromatic rings. The van der Waals surface area contributed by atoms with Crippen molar-refractivity contribution in [1.82, 2.24) is 19.9 Å². The molecule has 3 aromatic heterocycles. The smallest absolute Gasteiger partial charge is 0.154 e. The maximum Gasteiger partial charge on any atom is 0.154 e. The Kier molecular flexibility index (Phi) is 7.39. The number of aromatic amines is 2. The maximum atomic E-state index is 6.56. The molecule has 0 fully saturated rings. The van der Waals surface area contributed by atoms with E-state index in [-0.39, 0.29) is 0 Å². The van der Waals surface area contributed by atoms with E-state index in [0.717, 1.165) is 68.2 Å². The molecule has 1 aromatic carbocycles. The van der Waals surface area contributed by atoms with E-state index in [9.17, 15) is 0 Å². The average molecular weight is 515 g/mol. The van der Waals surface area contributed by atoms with Gasteiger partial charge in [-0.25, -0.2) is 9.97 Å². The van der Waals surface area contributed by atoms with Crippen LogP contribution in [-0.4, -0.2) is 26.5 Å². The van der Waals surface area contributed by atoms with Gasteiger partial charge in [-0.1, -0.05) is 69.4 Å². The number of H-pyrrole nitrogens is 2. The third-order valence-electron chi connectivity index (χ3n) is 7.10. The van der Waals surface area contributed by atoms with Crippen molar-refractivity contribution in [2.24, 2.45) is 0 Å². The molecule has 8 bridgehead atoms. The van der Waals surface area contributed by atoms with Gasteiger partial charge in [0.05, 0.1) is 29.3 Å². The molecule has 39 heavy (non-hydrogen) atoms. The predicted octanol–water partition coefficient (Wildman–Crippen LogP) is 8.78. The van der Waals surface area contributed by atoms with Crippen LogP contribution in [0.5, 0.6) is 0 Å². The van der Waals surface area contributed by atoms with Crippen LogP contribution in [0.4, 0.5) is 0 Å². The summed E-state index contributed by atoms with van der Waals surface area (Å²) in [6, 6.07) is 27.1. The summed E-state index contributed by atoms with van der Waals surface area (Å²) < 4.78 is 6.56. The Hall–Kier alpha value is -4.38. The summed E-state index contributed by atoms with van der Waals surface area (Å²) in [5.41, 5.74) is 9.61. The highest BCUT2D eigenvalue weighted by atomic mass is 16.5. The lowest BCUT2D eigenvalue weighted by atomic mass is 10.0. The fourth-order valence-corrected chi connectivity index (χ4v) is 5.13. The van der Waals surface area contributed by atoms with Crippen molar-refractivity contribution < 1.29 is 4.74 Å². The van der Waals surface area contributed by atoms with Crippen molar-refractivity contribution in [3.05, 3.63) is 107 Å². The first-order valence-corrected chi connectivity index (χ1v) is 14.0. The van der Waals surface area contributed by atoms with Gasteiger partial charge in [0.2, 0.25) is 0 Å². The van der Waals surface area contributed by atoms with Gasteiger partial charge in [-0.2, -0.15) is 0 Å². The predicted molar refractivity (Wildman–Crippen MR) is 162 cm³/mol. The van der Waals surface area contributed by atoms with Crippen LogP contribution in [0.3, 0.4) is 0 Å². The van der Waals surface area contributed by atoms with E-state index in [2.05, 4.69) is 89.7 Å².